The molecule has 10 nitrogen and oxygen atoms in total. The lowest BCUT2D eigenvalue weighted by Crippen LogP contribution is -2.17. The third-order valence-corrected chi connectivity index (χ3v) is 6.52. The van der Waals surface area contributed by atoms with Gasteiger partial charge in [0.05, 0.1) is 17.1 Å². The second-order valence-corrected chi connectivity index (χ2v) is 9.64. The van der Waals surface area contributed by atoms with Gasteiger partial charge in [0.25, 0.3) is 0 Å². The summed E-state index contributed by atoms with van der Waals surface area (Å²) in [5, 5.41) is 4.97. The Labute approximate surface area is 231 Å². The van der Waals surface area contributed by atoms with Crippen LogP contribution in [0.4, 0.5) is 14.6 Å². The molecule has 6 aromatic rings. The third kappa shape index (κ3) is 4.52. The van der Waals surface area contributed by atoms with Gasteiger partial charge in [0.15, 0.2) is 5.65 Å². The summed E-state index contributed by atoms with van der Waals surface area (Å²) < 4.78 is 42.4. The van der Waals surface area contributed by atoms with Crippen molar-refractivity contribution in [3.8, 4) is 28.4 Å². The molecule has 0 aliphatic carbocycles. The number of hydrogen-bond donors (Lipinski definition) is 1. The Balaban J connectivity index is 1.59. The van der Waals surface area contributed by atoms with Crippen LogP contribution in [0, 0.1) is 11.6 Å². The van der Waals surface area contributed by atoms with Crippen molar-refractivity contribution >= 4 is 27.8 Å². The smallest absolute Gasteiger partial charge is 0.316 e. The molecule has 4 heterocycles. The molecule has 0 fully saturated rings. The second-order valence-electron chi connectivity index (χ2n) is 9.64. The molecule has 0 aliphatic heterocycles. The van der Waals surface area contributed by atoms with Gasteiger partial charge in [-0.3, -0.25) is 4.79 Å². The number of ether oxygens (including phenoxy) is 1. The van der Waals surface area contributed by atoms with Crippen molar-refractivity contribution in [3.63, 3.8) is 0 Å². The van der Waals surface area contributed by atoms with Crippen LogP contribution in [0.15, 0.2) is 70.4 Å². The fourth-order valence-corrected chi connectivity index (χ4v) is 4.72. The largest absolute Gasteiger partial charge is 0.461 e. The average molecular weight is 556 g/mol. The van der Waals surface area contributed by atoms with Crippen LogP contribution in [0.5, 0.6) is 6.01 Å². The van der Waals surface area contributed by atoms with Gasteiger partial charge >= 0.3 is 6.01 Å². The van der Waals surface area contributed by atoms with Crippen molar-refractivity contribution in [1.82, 2.24) is 29.7 Å². The van der Waals surface area contributed by atoms with Gasteiger partial charge in [0.1, 0.15) is 52.2 Å². The summed E-state index contributed by atoms with van der Waals surface area (Å²) in [5.41, 5.74) is 7.15. The van der Waals surface area contributed by atoms with Crippen LogP contribution in [0.1, 0.15) is 32.6 Å². The van der Waals surface area contributed by atoms with E-state index in [2.05, 4.69) is 19.9 Å². The molecule has 1 atom stereocenters. The molecule has 2 aromatic carbocycles. The molecular weight excluding hydrogens is 532 g/mol. The predicted octanol–water partition coefficient (Wildman–Crippen LogP) is 5.31. The molecule has 0 aliphatic rings. The van der Waals surface area contributed by atoms with E-state index in [9.17, 15) is 13.6 Å². The van der Waals surface area contributed by atoms with Gasteiger partial charge in [-0.05, 0) is 50.6 Å². The van der Waals surface area contributed by atoms with E-state index in [1.165, 1.54) is 47.4 Å². The van der Waals surface area contributed by atoms with Crippen LogP contribution in [-0.2, 0) is 0 Å². The molecule has 4 aromatic heterocycles. The summed E-state index contributed by atoms with van der Waals surface area (Å²) in [6, 6.07) is 9.00. The number of nitrogens with two attached hydrogens (primary N) is 1. The zero-order chi connectivity index (χ0) is 28.8. The number of anilines is 1. The Bertz CT molecular complexity index is 1990. The van der Waals surface area contributed by atoms with Crippen molar-refractivity contribution in [2.45, 2.75) is 32.9 Å². The third-order valence-electron chi connectivity index (χ3n) is 6.52. The minimum absolute atomic E-state index is 0.000323. The number of aromatic nitrogens is 6. The number of nitrogens with zero attached hydrogens (tertiary/aromatic N) is 6. The first-order chi connectivity index (χ1) is 19.7. The highest BCUT2D eigenvalue weighted by Crippen LogP contribution is 2.36. The van der Waals surface area contributed by atoms with Crippen LogP contribution in [-0.4, -0.2) is 35.8 Å². The lowest BCUT2D eigenvalue weighted by molar-refractivity contribution is 0.222. The molecule has 2 N–H and O–H groups in total. The molecule has 0 spiro atoms. The molecule has 0 bridgehead atoms. The van der Waals surface area contributed by atoms with Crippen molar-refractivity contribution in [2.24, 2.45) is 0 Å². The number of hydrogen-bond acceptors (Lipinski definition) is 9. The van der Waals surface area contributed by atoms with E-state index < -0.39 is 23.1 Å². The van der Waals surface area contributed by atoms with Crippen molar-refractivity contribution < 1.29 is 17.9 Å². The Hall–Kier alpha value is -5.26. The topological polar surface area (TPSA) is 135 Å². The van der Waals surface area contributed by atoms with E-state index in [0.717, 1.165) is 0 Å². The zero-order valence-electron chi connectivity index (χ0n) is 22.2. The summed E-state index contributed by atoms with van der Waals surface area (Å²) in [4.78, 5) is 30.8. The fourth-order valence-electron chi connectivity index (χ4n) is 4.72. The minimum Gasteiger partial charge on any atom is -0.461 e. The maximum absolute atomic E-state index is 14.8. The van der Waals surface area contributed by atoms with Gasteiger partial charge in [0.2, 0.25) is 5.43 Å². The first kappa shape index (κ1) is 26.0. The van der Waals surface area contributed by atoms with Crippen LogP contribution in [0.3, 0.4) is 0 Å². The summed E-state index contributed by atoms with van der Waals surface area (Å²) in [7, 11) is 0. The molecule has 1 unspecified atom stereocenters. The number of rotatable bonds is 6. The molecule has 6 rings (SSSR count). The van der Waals surface area contributed by atoms with Gasteiger partial charge in [0, 0.05) is 18.0 Å². The Morgan fingerprint density at radius 3 is 2.44 bits per heavy atom. The Kier molecular flexibility index (Phi) is 6.37. The van der Waals surface area contributed by atoms with Gasteiger partial charge < -0.3 is 14.9 Å². The molecule has 0 amide bonds. The first-order valence-electron chi connectivity index (χ1n) is 12.7. The Morgan fingerprint density at radius 1 is 0.951 bits per heavy atom. The summed E-state index contributed by atoms with van der Waals surface area (Å²) in [6.45, 7) is 5.46. The van der Waals surface area contributed by atoms with E-state index >= 15 is 0 Å². The molecule has 41 heavy (non-hydrogen) atoms. The highest BCUT2D eigenvalue weighted by Gasteiger charge is 2.28. The van der Waals surface area contributed by atoms with E-state index in [4.69, 9.17) is 20.0 Å². The van der Waals surface area contributed by atoms with Gasteiger partial charge in [-0.1, -0.05) is 18.2 Å². The van der Waals surface area contributed by atoms with Gasteiger partial charge in [-0.2, -0.15) is 5.10 Å². The number of fused-ring (bicyclic) bond motifs is 2. The lowest BCUT2D eigenvalue weighted by atomic mass is 9.99. The van der Waals surface area contributed by atoms with Gasteiger partial charge in [-0.15, -0.1) is 0 Å². The first-order valence-corrected chi connectivity index (χ1v) is 12.7. The summed E-state index contributed by atoms with van der Waals surface area (Å²) >= 11 is 0. The number of halogens is 2. The van der Waals surface area contributed by atoms with E-state index in [1.54, 1.807) is 25.4 Å². The normalized spacial score (nSPS) is 12.3. The molecule has 0 radical (unpaired) electrons. The monoisotopic (exact) mass is 555 g/mol. The van der Waals surface area contributed by atoms with E-state index in [-0.39, 0.29) is 45.8 Å². The van der Waals surface area contributed by atoms with E-state index in [1.807, 2.05) is 13.8 Å². The summed E-state index contributed by atoms with van der Waals surface area (Å²) in [5.74, 6) is -1.01. The average Bonchev–Trinajstić information content (AvgIpc) is 3.33. The summed E-state index contributed by atoms with van der Waals surface area (Å²) in [6.07, 6.45) is 4.28. The van der Waals surface area contributed by atoms with Crippen LogP contribution in [0.2, 0.25) is 0 Å². The van der Waals surface area contributed by atoms with Crippen LogP contribution < -0.4 is 15.9 Å². The standard InChI is InChI=1S/C29H23F2N7O3/c1-14(2)40-29-33-11-17(12-34-29)24-23-27(32)35-13-36-28(23)38(37-24)15(3)26-21(16-6-4-7-18(30)10-16)25(39)22-19(31)8-5-9-20(22)41-26/h4-15H,1-3H3,(H2,32,35,36). The van der Waals surface area contributed by atoms with Gasteiger partial charge in [-0.25, -0.2) is 33.4 Å². The molecule has 0 saturated carbocycles. The Morgan fingerprint density at radius 2 is 1.71 bits per heavy atom. The lowest BCUT2D eigenvalue weighted by Gasteiger charge is -2.17. The highest BCUT2D eigenvalue weighted by atomic mass is 19.1. The molecular formula is C29H23F2N7O3. The maximum Gasteiger partial charge on any atom is 0.316 e. The van der Waals surface area contributed by atoms with Crippen molar-refractivity contribution in [3.05, 3.63) is 88.8 Å². The SMILES string of the molecule is CC(C)Oc1ncc(-c2nn(C(C)c3oc4cccc(F)c4c(=O)c3-c3cccc(F)c3)c3ncnc(N)c23)cn1. The molecule has 12 heteroatoms. The molecule has 0 saturated heterocycles. The van der Waals surface area contributed by atoms with Crippen molar-refractivity contribution in [1.29, 1.82) is 0 Å². The maximum atomic E-state index is 14.8. The number of benzene rings is 2. The van der Waals surface area contributed by atoms with Crippen LogP contribution in [0.25, 0.3) is 44.4 Å². The highest BCUT2D eigenvalue weighted by molar-refractivity contribution is 5.98. The predicted molar refractivity (Wildman–Crippen MR) is 148 cm³/mol. The quantitative estimate of drug-likeness (QED) is 0.290. The number of nitrogen functional groups attached to an aromatic ring is 1. The second kappa shape index (κ2) is 10.0. The minimum atomic E-state index is -0.788. The van der Waals surface area contributed by atoms with Crippen molar-refractivity contribution in [2.75, 3.05) is 5.73 Å². The molecule has 206 valence electrons. The van der Waals surface area contributed by atoms with Crippen LogP contribution >= 0.6 is 0 Å². The zero-order valence-corrected chi connectivity index (χ0v) is 22.2. The van der Waals surface area contributed by atoms with E-state index in [0.29, 0.717) is 22.3 Å². The fraction of sp³-hybridized carbons (Fsp3) is 0.172.